The normalized spacial score (nSPS) is 28.2. The smallest absolute Gasteiger partial charge is 0.187 e. The number of ether oxygens (including phenoxy) is 6. The number of aromatic nitrogens is 4. The predicted octanol–water partition coefficient (Wildman–Crippen LogP) is 4.68. The summed E-state index contributed by atoms with van der Waals surface area (Å²) < 4.78 is 39.6. The molecule has 4 N–H and O–H groups in total. The Morgan fingerprint density at radius 3 is 1.91 bits per heavy atom. The van der Waals surface area contributed by atoms with Crippen molar-refractivity contribution >= 4 is 17.0 Å². The van der Waals surface area contributed by atoms with E-state index in [4.69, 9.17) is 28.4 Å². The van der Waals surface area contributed by atoms with Crippen LogP contribution in [-0.2, 0) is 48.2 Å². The summed E-state index contributed by atoms with van der Waals surface area (Å²) in [5.74, 6) is 0.635. The molecule has 0 bridgehead atoms. The number of hydrogen-bond donors (Lipinski definition) is 4. The highest BCUT2D eigenvalue weighted by Crippen LogP contribution is 2.37. The molecule has 5 aromatic rings. The van der Waals surface area contributed by atoms with Crippen LogP contribution >= 0.6 is 0 Å². The summed E-state index contributed by atoms with van der Waals surface area (Å²) in [6.45, 7) is 0.717. The Balaban J connectivity index is 1.05. The summed E-state index contributed by atoms with van der Waals surface area (Å²) in [5, 5.41) is 38.5. The minimum atomic E-state index is -1.41. The second-order valence-electron chi connectivity index (χ2n) is 15.0. The molecule has 0 unspecified atom stereocenters. The summed E-state index contributed by atoms with van der Waals surface area (Å²) in [6.07, 6.45) is -1.45. The van der Waals surface area contributed by atoms with Gasteiger partial charge in [-0.2, -0.15) is 0 Å². The van der Waals surface area contributed by atoms with Crippen LogP contribution in [0.5, 0.6) is 0 Å². The van der Waals surface area contributed by atoms with Crippen molar-refractivity contribution in [2.45, 2.75) is 113 Å². The molecule has 14 nitrogen and oxygen atoms in total. The Hall–Kier alpha value is -4.35. The average molecular weight is 782 g/mol. The number of fused-ring (bicyclic) bond motifs is 1. The monoisotopic (exact) mass is 781 g/mol. The van der Waals surface area contributed by atoms with E-state index in [0.29, 0.717) is 29.6 Å². The fourth-order valence-electron chi connectivity index (χ4n) is 7.82. The maximum absolute atomic E-state index is 12.1. The zero-order chi connectivity index (χ0) is 39.0. The molecule has 3 aliphatic rings. The van der Waals surface area contributed by atoms with Gasteiger partial charge in [0.1, 0.15) is 49.1 Å². The van der Waals surface area contributed by atoms with Gasteiger partial charge in [0.05, 0.1) is 39.4 Å². The summed E-state index contributed by atoms with van der Waals surface area (Å²) in [5.41, 5.74) is 3.84. The lowest BCUT2D eigenvalue weighted by Gasteiger charge is -2.43. The number of aliphatic hydroxyl groups is 3. The summed E-state index contributed by atoms with van der Waals surface area (Å²) in [6, 6.07) is 29.2. The molecule has 2 aromatic heterocycles. The van der Waals surface area contributed by atoms with Crippen LogP contribution in [0.2, 0.25) is 0 Å². The minimum Gasteiger partial charge on any atom is -0.387 e. The van der Waals surface area contributed by atoms with Crippen LogP contribution in [0.25, 0.3) is 11.2 Å². The first-order valence-corrected chi connectivity index (χ1v) is 19.9. The second-order valence-corrected chi connectivity index (χ2v) is 15.0. The molecule has 3 fully saturated rings. The number of rotatable bonds is 16. The molecule has 8 rings (SSSR count). The van der Waals surface area contributed by atoms with E-state index in [1.807, 2.05) is 91.0 Å². The van der Waals surface area contributed by atoms with Crippen LogP contribution < -0.4 is 5.32 Å². The Bertz CT molecular complexity index is 1970. The first-order valence-electron chi connectivity index (χ1n) is 19.9. The maximum atomic E-state index is 12.1. The van der Waals surface area contributed by atoms with Crippen LogP contribution in [0.15, 0.2) is 104 Å². The first-order chi connectivity index (χ1) is 28.0. The standard InChI is InChI=1S/C43H51N5O9/c49-35-32(24-52-21-28-13-5-1-6-14-28)56-43(39(36(35)50)54-23-30-17-9-3-10-18-30)57-38-33(25-53-22-29-15-7-2-8-16-29)55-42(37(38)51)48-27-46-34-40(44-26-45-41(34)48)47-31-19-11-4-12-20-31/h1-3,5-10,13-18,26-27,31-33,35-39,42-43,49-51H,4,11-12,19-25H2,(H,44,45,47)/t32-,33-,35-,36+,37-,38-,39-,42-,43-/m1/s1. The van der Waals surface area contributed by atoms with Crippen LogP contribution in [0.1, 0.15) is 55.0 Å². The van der Waals surface area contributed by atoms with Crippen LogP contribution in [-0.4, -0.2) is 103 Å². The number of nitrogens with zero attached hydrogens (tertiary/aromatic N) is 4. The molecule has 0 radical (unpaired) electrons. The molecule has 0 amide bonds. The summed E-state index contributed by atoms with van der Waals surface area (Å²) in [7, 11) is 0. The summed E-state index contributed by atoms with van der Waals surface area (Å²) in [4.78, 5) is 13.7. The first kappa shape index (κ1) is 39.5. The van der Waals surface area contributed by atoms with Gasteiger partial charge in [-0.15, -0.1) is 0 Å². The molecule has 3 aromatic carbocycles. The van der Waals surface area contributed by atoms with Gasteiger partial charge >= 0.3 is 0 Å². The Labute approximate surface area is 331 Å². The van der Waals surface area contributed by atoms with E-state index in [1.54, 1.807) is 10.9 Å². The van der Waals surface area contributed by atoms with E-state index in [9.17, 15) is 15.3 Å². The Kier molecular flexibility index (Phi) is 13.1. The van der Waals surface area contributed by atoms with Gasteiger partial charge in [0, 0.05) is 6.04 Å². The van der Waals surface area contributed by atoms with Gasteiger partial charge in [0.2, 0.25) is 0 Å². The zero-order valence-electron chi connectivity index (χ0n) is 31.7. The van der Waals surface area contributed by atoms with Crippen LogP contribution in [0, 0.1) is 0 Å². The van der Waals surface area contributed by atoms with Gasteiger partial charge in [-0.1, -0.05) is 110 Å². The third-order valence-electron chi connectivity index (χ3n) is 10.9. The molecule has 57 heavy (non-hydrogen) atoms. The van der Waals surface area contributed by atoms with E-state index in [1.165, 1.54) is 12.7 Å². The zero-order valence-corrected chi connectivity index (χ0v) is 31.7. The van der Waals surface area contributed by atoms with Gasteiger partial charge in [0.25, 0.3) is 0 Å². The number of nitrogens with one attached hydrogen (secondary N) is 1. The SMILES string of the molecule is O[C@@H]1[C@H](O[C@H]2O[C@H](COCc3ccccc3)[C@@H](O)[C@H](O)[C@H]2OCc2ccccc2)[C@@H](COCc2ccccc2)O[C@H]1n1cnc2c(NC3CCCCC3)ncnc21. The van der Waals surface area contributed by atoms with Gasteiger partial charge < -0.3 is 49.1 Å². The third kappa shape index (κ3) is 9.52. The molecule has 9 atom stereocenters. The highest BCUT2D eigenvalue weighted by atomic mass is 16.7. The molecule has 2 saturated heterocycles. The fraction of sp³-hybridized carbons (Fsp3) is 0.465. The van der Waals surface area contributed by atoms with Gasteiger partial charge in [-0.3, -0.25) is 4.57 Å². The largest absolute Gasteiger partial charge is 0.387 e. The second kappa shape index (κ2) is 18.9. The molecular formula is C43H51N5O9. The van der Waals surface area contributed by atoms with E-state index in [2.05, 4.69) is 20.3 Å². The molecule has 4 heterocycles. The maximum Gasteiger partial charge on any atom is 0.187 e. The lowest BCUT2D eigenvalue weighted by Crippen LogP contribution is -2.61. The highest BCUT2D eigenvalue weighted by molar-refractivity contribution is 5.82. The van der Waals surface area contributed by atoms with Crippen molar-refractivity contribution in [1.29, 1.82) is 0 Å². The van der Waals surface area contributed by atoms with Crippen molar-refractivity contribution in [1.82, 2.24) is 19.5 Å². The van der Waals surface area contributed by atoms with Crippen LogP contribution in [0.4, 0.5) is 5.82 Å². The predicted molar refractivity (Wildman–Crippen MR) is 208 cm³/mol. The van der Waals surface area contributed by atoms with Crippen molar-refractivity contribution in [3.8, 4) is 0 Å². The van der Waals surface area contributed by atoms with Crippen LogP contribution in [0.3, 0.4) is 0 Å². The Morgan fingerprint density at radius 2 is 1.26 bits per heavy atom. The topological polar surface area (TPSA) is 172 Å². The number of aliphatic hydroxyl groups excluding tert-OH is 3. The van der Waals surface area contributed by atoms with E-state index >= 15 is 0 Å². The molecular weight excluding hydrogens is 730 g/mol. The van der Waals surface area contributed by atoms with Gasteiger partial charge in [-0.25, -0.2) is 15.0 Å². The van der Waals surface area contributed by atoms with Crippen molar-refractivity contribution in [3.63, 3.8) is 0 Å². The number of benzene rings is 3. The molecule has 302 valence electrons. The van der Waals surface area contributed by atoms with Crippen molar-refractivity contribution in [2.24, 2.45) is 0 Å². The van der Waals surface area contributed by atoms with Crippen molar-refractivity contribution < 1.29 is 43.7 Å². The summed E-state index contributed by atoms with van der Waals surface area (Å²) >= 11 is 0. The molecule has 0 spiro atoms. The molecule has 1 aliphatic carbocycles. The van der Waals surface area contributed by atoms with E-state index < -0.39 is 55.2 Å². The van der Waals surface area contributed by atoms with Crippen molar-refractivity contribution in [2.75, 3.05) is 18.5 Å². The van der Waals surface area contributed by atoms with Gasteiger partial charge in [-0.05, 0) is 29.5 Å². The van der Waals surface area contributed by atoms with Gasteiger partial charge in [0.15, 0.2) is 29.5 Å². The van der Waals surface area contributed by atoms with E-state index in [-0.39, 0.29) is 26.4 Å². The molecule has 1 saturated carbocycles. The third-order valence-corrected chi connectivity index (χ3v) is 10.9. The lowest BCUT2D eigenvalue weighted by atomic mass is 9.95. The highest BCUT2D eigenvalue weighted by Gasteiger charge is 2.52. The van der Waals surface area contributed by atoms with E-state index in [0.717, 1.165) is 42.4 Å². The lowest BCUT2D eigenvalue weighted by molar-refractivity contribution is -0.329. The number of imidazole rings is 1. The minimum absolute atomic E-state index is 0.0354. The molecule has 2 aliphatic heterocycles. The Morgan fingerprint density at radius 1 is 0.649 bits per heavy atom. The van der Waals surface area contributed by atoms with Crippen molar-refractivity contribution in [3.05, 3.63) is 120 Å². The molecule has 14 heteroatoms. The number of anilines is 1. The quantitative estimate of drug-likeness (QED) is 0.109. The fourth-order valence-corrected chi connectivity index (χ4v) is 7.82. The average Bonchev–Trinajstić information content (AvgIpc) is 3.81. The number of hydrogen-bond acceptors (Lipinski definition) is 13.